The Bertz CT molecular complexity index is 95.4. The summed E-state index contributed by atoms with van der Waals surface area (Å²) in [5.41, 5.74) is 0. The summed E-state index contributed by atoms with van der Waals surface area (Å²) in [6.07, 6.45) is 1.86. The number of rotatable bonds is 2. The van der Waals surface area contributed by atoms with Crippen LogP contribution in [0.4, 0.5) is 0 Å². The van der Waals surface area contributed by atoms with E-state index in [0.29, 0.717) is 0 Å². The van der Waals surface area contributed by atoms with Crippen molar-refractivity contribution in [3.8, 4) is 0 Å². The second-order valence-electron chi connectivity index (χ2n) is 1.55. The zero-order valence-electron chi connectivity index (χ0n) is 7.69. The predicted octanol–water partition coefficient (Wildman–Crippen LogP) is -7.41. The van der Waals surface area contributed by atoms with Crippen molar-refractivity contribution in [3.05, 3.63) is 0 Å². The molecule has 0 unspecified atom stereocenters. The molecule has 0 amide bonds. The molecule has 0 saturated carbocycles. The maximum absolute atomic E-state index is 9.53. The summed E-state index contributed by atoms with van der Waals surface area (Å²) >= 11 is 0. The van der Waals surface area contributed by atoms with Crippen LogP contribution in [0.15, 0.2) is 0 Å². The molecule has 0 heterocycles. The van der Waals surface area contributed by atoms with Crippen LogP contribution < -0.4 is 113 Å². The molecule has 8 heteroatoms. The zero-order chi connectivity index (χ0) is 8.62. The van der Waals surface area contributed by atoms with E-state index in [4.69, 9.17) is 19.2 Å². The van der Waals surface area contributed by atoms with Crippen LogP contribution in [-0.2, 0) is 4.57 Å². The molecule has 0 aromatic heterocycles. The number of unbranched alkanes of at least 4 members (excludes halogenated alkanes) is 1. The van der Waals surface area contributed by atoms with Crippen molar-refractivity contribution in [1.82, 2.24) is 0 Å². The minimum absolute atomic E-state index is 0. The Balaban J connectivity index is -0.0000000457. The van der Waals surface area contributed by atoms with Crippen molar-refractivity contribution in [2.24, 2.45) is 0 Å². The molecule has 0 aliphatic heterocycles. The van der Waals surface area contributed by atoms with Crippen LogP contribution in [0.1, 0.15) is 19.8 Å². The van der Waals surface area contributed by atoms with E-state index in [9.17, 15) is 5.11 Å². The summed E-state index contributed by atoms with van der Waals surface area (Å²) in [5.74, 6) is 0. The smallest absolute Gasteiger partial charge is 0.854 e. The first-order valence-corrected chi connectivity index (χ1v) is 4.29. The van der Waals surface area contributed by atoms with Gasteiger partial charge in [0.25, 0.3) is 7.82 Å². The largest absolute Gasteiger partial charge is 1.00 e. The molecule has 0 bridgehead atoms. The number of hydrogen-bond acceptors (Lipinski definition) is 3. The van der Waals surface area contributed by atoms with Crippen molar-refractivity contribution in [1.29, 1.82) is 0 Å². The summed E-state index contributed by atoms with van der Waals surface area (Å²) < 4.78 is 8.77. The van der Waals surface area contributed by atoms with Gasteiger partial charge in [-0.2, -0.15) is 0 Å². The second kappa shape index (κ2) is 16.8. The zero-order valence-corrected chi connectivity index (χ0v) is 14.8. The molecule has 5 nitrogen and oxygen atoms in total. The molecule has 0 radical (unpaired) electrons. The van der Waals surface area contributed by atoms with Crippen molar-refractivity contribution in [2.45, 2.75) is 19.8 Å². The van der Waals surface area contributed by atoms with E-state index in [1.807, 2.05) is 6.92 Å². The van der Waals surface area contributed by atoms with Gasteiger partial charge in [-0.3, -0.25) is 4.57 Å². The first-order chi connectivity index (χ1) is 4.41. The van der Waals surface area contributed by atoms with Gasteiger partial charge in [0.1, 0.15) is 0 Å². The maximum Gasteiger partial charge on any atom is 1.00 e. The van der Waals surface area contributed by atoms with Crippen LogP contribution in [0.25, 0.3) is 0 Å². The molecule has 64 valence electrons. The Labute approximate surface area is 157 Å². The summed E-state index contributed by atoms with van der Waals surface area (Å²) in [5, 5.41) is 9.53. The maximum atomic E-state index is 9.53. The van der Waals surface area contributed by atoms with Crippen LogP contribution in [0.3, 0.4) is 0 Å². The summed E-state index contributed by atoms with van der Waals surface area (Å²) in [4.78, 5) is 22.9. The van der Waals surface area contributed by atoms with Gasteiger partial charge in [0, 0.05) is 0 Å². The van der Waals surface area contributed by atoms with E-state index in [-0.39, 0.29) is 109 Å². The first kappa shape index (κ1) is 24.5. The van der Waals surface area contributed by atoms with E-state index in [2.05, 4.69) is 0 Å². The fraction of sp³-hybridized carbons (Fsp3) is 1.00. The third-order valence-electron chi connectivity index (χ3n) is 0.498. The van der Waals surface area contributed by atoms with Gasteiger partial charge in [-0.25, -0.2) is 0 Å². The summed E-state index contributed by atoms with van der Waals surface area (Å²) in [6, 6.07) is 0. The van der Waals surface area contributed by atoms with Gasteiger partial charge in [-0.1, -0.05) is 19.8 Å². The molecule has 2 N–H and O–H groups in total. The van der Waals surface area contributed by atoms with Crippen LogP contribution in [0.2, 0.25) is 0 Å². The molecule has 0 atom stereocenters. The molecule has 0 aromatic carbocycles. The van der Waals surface area contributed by atoms with Crippen molar-refractivity contribution in [3.63, 3.8) is 0 Å². The van der Waals surface area contributed by atoms with E-state index >= 15 is 0 Å². The SMILES string of the molecule is CCCC[O-].O=P([O-])(O)O.[K+].[K+]. The standard InChI is InChI=1S/C4H9O.2K.H3O4P/c1-2-3-4-5;;;1-5(2,3)4/h2-4H2,1H3;;;(H3,1,2,3,4)/q-1;2*+1;/p-1. The van der Waals surface area contributed by atoms with Gasteiger partial charge in [0.15, 0.2) is 0 Å². The Morgan fingerprint density at radius 2 is 1.58 bits per heavy atom. The number of hydrogen-bond donors (Lipinski definition) is 2. The topological polar surface area (TPSA) is 104 Å². The van der Waals surface area contributed by atoms with Gasteiger partial charge in [-0.15, -0.1) is 6.61 Å². The van der Waals surface area contributed by atoms with E-state index in [1.54, 1.807) is 0 Å². The van der Waals surface area contributed by atoms with E-state index in [0.717, 1.165) is 12.8 Å². The van der Waals surface area contributed by atoms with Crippen molar-refractivity contribution in [2.75, 3.05) is 6.61 Å². The minimum Gasteiger partial charge on any atom is -0.854 e. The monoisotopic (exact) mass is 248 g/mol. The molecular formula is C4H11K2O5P. The molecule has 0 saturated heterocycles. The van der Waals surface area contributed by atoms with Crippen LogP contribution in [0, 0.1) is 0 Å². The molecule has 0 aliphatic carbocycles. The summed E-state index contributed by atoms with van der Waals surface area (Å²) in [7, 11) is -4.89. The van der Waals surface area contributed by atoms with Crippen molar-refractivity contribution >= 4 is 7.82 Å². The van der Waals surface area contributed by atoms with Gasteiger partial charge in [-0.05, 0) is 0 Å². The van der Waals surface area contributed by atoms with Gasteiger partial charge in [0.2, 0.25) is 0 Å². The Morgan fingerprint density at radius 3 is 1.58 bits per heavy atom. The molecule has 0 spiro atoms. The molecular weight excluding hydrogens is 237 g/mol. The minimum atomic E-state index is -4.89. The Hall–Kier alpha value is 3.34. The normalized spacial score (nSPS) is 8.42. The molecule has 0 rings (SSSR count). The van der Waals surface area contributed by atoms with E-state index < -0.39 is 7.82 Å². The van der Waals surface area contributed by atoms with Crippen LogP contribution >= 0.6 is 7.82 Å². The molecule has 0 aliphatic rings. The number of phosphoric acid groups is 1. The fourth-order valence-electron chi connectivity index (χ4n) is 0.144. The van der Waals surface area contributed by atoms with Crippen LogP contribution in [-0.4, -0.2) is 16.4 Å². The van der Waals surface area contributed by atoms with Gasteiger partial charge >= 0.3 is 103 Å². The van der Waals surface area contributed by atoms with Crippen molar-refractivity contribution < 1.29 is 127 Å². The van der Waals surface area contributed by atoms with Gasteiger partial charge < -0.3 is 19.8 Å². The average molecular weight is 248 g/mol. The summed E-state index contributed by atoms with van der Waals surface area (Å²) in [6.45, 7) is 2.11. The second-order valence-corrected chi connectivity index (χ2v) is 2.53. The fourth-order valence-corrected chi connectivity index (χ4v) is 0.144. The third-order valence-corrected chi connectivity index (χ3v) is 0.498. The predicted molar refractivity (Wildman–Crippen MR) is 31.8 cm³/mol. The first-order valence-electron chi connectivity index (χ1n) is 2.76. The quantitative estimate of drug-likeness (QED) is 0.373. The van der Waals surface area contributed by atoms with E-state index in [1.165, 1.54) is 0 Å². The van der Waals surface area contributed by atoms with Gasteiger partial charge in [0.05, 0.1) is 0 Å². The Kier molecular flexibility index (Phi) is 34.3. The average Bonchev–Trinajstić information content (AvgIpc) is 1.63. The molecule has 0 fully saturated rings. The van der Waals surface area contributed by atoms with Crippen LogP contribution in [0.5, 0.6) is 0 Å². The molecule has 0 aromatic rings. The molecule has 12 heavy (non-hydrogen) atoms. The Morgan fingerprint density at radius 1 is 1.33 bits per heavy atom. The third kappa shape index (κ3) is 71.2.